The van der Waals surface area contributed by atoms with Gasteiger partial charge in [0, 0.05) is 10.7 Å². The third kappa shape index (κ3) is 3.50. The number of aryl methyl sites for hydroxylation is 2. The number of halogens is 2. The number of aromatic nitrogens is 1. The normalized spacial score (nSPS) is 11.4. The summed E-state index contributed by atoms with van der Waals surface area (Å²) < 4.78 is 27.8. The van der Waals surface area contributed by atoms with E-state index in [-0.39, 0.29) is 15.7 Å². The van der Waals surface area contributed by atoms with Crippen molar-refractivity contribution in [2.24, 2.45) is 0 Å². The first kappa shape index (κ1) is 15.3. The fourth-order valence-electron chi connectivity index (χ4n) is 1.79. The van der Waals surface area contributed by atoms with Gasteiger partial charge in [0.25, 0.3) is 10.0 Å². The van der Waals surface area contributed by atoms with Gasteiger partial charge in [-0.3, -0.25) is 4.72 Å². The third-order valence-corrected chi connectivity index (χ3v) is 4.64. The van der Waals surface area contributed by atoms with Gasteiger partial charge in [0.05, 0.1) is 10.6 Å². The first-order chi connectivity index (χ1) is 9.28. The van der Waals surface area contributed by atoms with E-state index in [1.807, 2.05) is 19.9 Å². The highest BCUT2D eigenvalue weighted by atomic mass is 79.9. The van der Waals surface area contributed by atoms with Gasteiger partial charge in [-0.2, -0.15) is 0 Å². The Bertz CT molecular complexity index is 743. The van der Waals surface area contributed by atoms with E-state index < -0.39 is 10.0 Å². The predicted molar refractivity (Wildman–Crippen MR) is 83.7 cm³/mol. The zero-order chi connectivity index (χ0) is 14.9. The van der Waals surface area contributed by atoms with Gasteiger partial charge in [-0.1, -0.05) is 17.7 Å². The number of benzene rings is 1. The molecule has 0 bridgehead atoms. The molecule has 20 heavy (non-hydrogen) atoms. The van der Waals surface area contributed by atoms with E-state index in [2.05, 4.69) is 25.6 Å². The Labute approximate surface area is 131 Å². The van der Waals surface area contributed by atoms with Crippen LogP contribution in [0.4, 0.5) is 5.69 Å². The maximum atomic E-state index is 12.4. The molecule has 0 saturated heterocycles. The average Bonchev–Trinajstić information content (AvgIpc) is 2.32. The van der Waals surface area contributed by atoms with Gasteiger partial charge >= 0.3 is 0 Å². The number of nitrogens with one attached hydrogen (secondary N) is 1. The Kier molecular flexibility index (Phi) is 4.36. The van der Waals surface area contributed by atoms with Crippen LogP contribution in [-0.4, -0.2) is 13.4 Å². The zero-order valence-electron chi connectivity index (χ0n) is 10.8. The Morgan fingerprint density at radius 3 is 2.35 bits per heavy atom. The first-order valence-electron chi connectivity index (χ1n) is 5.70. The van der Waals surface area contributed by atoms with Crippen molar-refractivity contribution in [3.05, 3.63) is 51.2 Å². The fraction of sp³-hybridized carbons (Fsp3) is 0.154. The second kappa shape index (κ2) is 5.71. The highest BCUT2D eigenvalue weighted by Crippen LogP contribution is 2.26. The Morgan fingerprint density at radius 1 is 1.15 bits per heavy atom. The third-order valence-electron chi connectivity index (χ3n) is 2.56. The van der Waals surface area contributed by atoms with Gasteiger partial charge in [-0.05, 0) is 59.1 Å². The van der Waals surface area contributed by atoms with Crippen molar-refractivity contribution in [3.63, 3.8) is 0 Å². The number of hydrogen-bond donors (Lipinski definition) is 1. The van der Waals surface area contributed by atoms with Crippen molar-refractivity contribution in [2.75, 3.05) is 4.72 Å². The standard InChI is InChI=1S/C13H12BrClN2O2S/c1-8-3-9(2)5-11(4-8)20(18,19)17-12-6-10(14)7-16-13(12)15/h3-7,17H,1-2H3. The van der Waals surface area contributed by atoms with Crippen LogP contribution in [-0.2, 0) is 10.0 Å². The molecule has 0 radical (unpaired) electrons. The molecule has 4 nitrogen and oxygen atoms in total. The maximum Gasteiger partial charge on any atom is 0.262 e. The summed E-state index contributed by atoms with van der Waals surface area (Å²) in [5.41, 5.74) is 1.99. The summed E-state index contributed by atoms with van der Waals surface area (Å²) in [6, 6.07) is 6.69. The summed E-state index contributed by atoms with van der Waals surface area (Å²) in [5, 5.41) is 0.0983. The molecule has 0 unspecified atom stereocenters. The molecule has 2 aromatic rings. The Morgan fingerprint density at radius 2 is 1.75 bits per heavy atom. The molecule has 0 aliphatic heterocycles. The van der Waals surface area contributed by atoms with E-state index in [4.69, 9.17) is 11.6 Å². The molecule has 0 atom stereocenters. The van der Waals surface area contributed by atoms with Crippen molar-refractivity contribution in [1.82, 2.24) is 4.98 Å². The van der Waals surface area contributed by atoms with Gasteiger partial charge in [0.2, 0.25) is 0 Å². The lowest BCUT2D eigenvalue weighted by molar-refractivity contribution is 0.601. The molecule has 2 rings (SSSR count). The second-order valence-electron chi connectivity index (χ2n) is 4.42. The van der Waals surface area contributed by atoms with E-state index in [9.17, 15) is 8.42 Å². The van der Waals surface area contributed by atoms with Crippen molar-refractivity contribution in [1.29, 1.82) is 0 Å². The Hall–Kier alpha value is -1.11. The monoisotopic (exact) mass is 374 g/mol. The molecule has 0 saturated carbocycles. The highest BCUT2D eigenvalue weighted by molar-refractivity contribution is 9.10. The number of nitrogens with zero attached hydrogens (tertiary/aromatic N) is 1. The minimum Gasteiger partial charge on any atom is -0.276 e. The Balaban J connectivity index is 2.43. The van der Waals surface area contributed by atoms with Crippen LogP contribution in [0.15, 0.2) is 39.8 Å². The summed E-state index contributed by atoms with van der Waals surface area (Å²) >= 11 is 9.12. The molecule has 1 N–H and O–H groups in total. The largest absolute Gasteiger partial charge is 0.276 e. The molecule has 0 fully saturated rings. The van der Waals surface area contributed by atoms with Crippen LogP contribution < -0.4 is 4.72 Å². The van der Waals surface area contributed by atoms with E-state index in [1.165, 1.54) is 6.20 Å². The van der Waals surface area contributed by atoms with Crippen LogP contribution >= 0.6 is 27.5 Å². The lowest BCUT2D eigenvalue weighted by Crippen LogP contribution is -2.14. The molecule has 1 heterocycles. The van der Waals surface area contributed by atoms with Crippen molar-refractivity contribution in [2.45, 2.75) is 18.7 Å². The van der Waals surface area contributed by atoms with Gasteiger partial charge in [0.1, 0.15) is 0 Å². The minimum absolute atomic E-state index is 0.0983. The molecule has 0 aliphatic rings. The summed E-state index contributed by atoms with van der Waals surface area (Å²) in [6.45, 7) is 3.69. The van der Waals surface area contributed by atoms with Crippen LogP contribution in [0.2, 0.25) is 5.15 Å². The fourth-order valence-corrected chi connectivity index (χ4v) is 3.57. The van der Waals surface area contributed by atoms with Gasteiger partial charge in [-0.25, -0.2) is 13.4 Å². The molecular weight excluding hydrogens is 364 g/mol. The van der Waals surface area contributed by atoms with Crippen LogP contribution in [0, 0.1) is 13.8 Å². The van der Waals surface area contributed by atoms with Gasteiger partial charge in [0.15, 0.2) is 5.15 Å². The van der Waals surface area contributed by atoms with Gasteiger partial charge < -0.3 is 0 Å². The van der Waals surface area contributed by atoms with E-state index in [0.29, 0.717) is 4.47 Å². The number of pyridine rings is 1. The molecule has 0 aliphatic carbocycles. The summed E-state index contributed by atoms with van der Waals surface area (Å²) in [4.78, 5) is 4.08. The SMILES string of the molecule is Cc1cc(C)cc(S(=O)(=O)Nc2cc(Br)cnc2Cl)c1. The molecule has 0 spiro atoms. The highest BCUT2D eigenvalue weighted by Gasteiger charge is 2.17. The van der Waals surface area contributed by atoms with Crippen molar-refractivity contribution in [3.8, 4) is 0 Å². The molecular formula is C13H12BrClN2O2S. The number of sulfonamides is 1. The zero-order valence-corrected chi connectivity index (χ0v) is 14.0. The smallest absolute Gasteiger partial charge is 0.262 e. The summed E-state index contributed by atoms with van der Waals surface area (Å²) in [6.07, 6.45) is 1.50. The second-order valence-corrected chi connectivity index (χ2v) is 7.38. The quantitative estimate of drug-likeness (QED) is 0.827. The summed E-state index contributed by atoms with van der Waals surface area (Å²) in [5.74, 6) is 0. The van der Waals surface area contributed by atoms with Crippen LogP contribution in [0.1, 0.15) is 11.1 Å². The van der Waals surface area contributed by atoms with Crippen LogP contribution in [0.3, 0.4) is 0 Å². The maximum absolute atomic E-state index is 12.4. The van der Waals surface area contributed by atoms with Crippen molar-refractivity contribution >= 4 is 43.2 Å². The number of hydrogen-bond acceptors (Lipinski definition) is 3. The lowest BCUT2D eigenvalue weighted by atomic mass is 10.2. The predicted octanol–water partition coefficient (Wildman–Crippen LogP) is 3.92. The minimum atomic E-state index is -3.69. The topological polar surface area (TPSA) is 59.1 Å². The molecule has 0 amide bonds. The van der Waals surface area contributed by atoms with Crippen LogP contribution in [0.5, 0.6) is 0 Å². The number of rotatable bonds is 3. The molecule has 7 heteroatoms. The van der Waals surface area contributed by atoms with E-state index in [0.717, 1.165) is 11.1 Å². The summed E-state index contributed by atoms with van der Waals surface area (Å²) in [7, 11) is -3.69. The van der Waals surface area contributed by atoms with Gasteiger partial charge in [-0.15, -0.1) is 0 Å². The molecule has 1 aromatic carbocycles. The molecule has 1 aromatic heterocycles. The van der Waals surface area contributed by atoms with E-state index in [1.54, 1.807) is 18.2 Å². The van der Waals surface area contributed by atoms with E-state index >= 15 is 0 Å². The van der Waals surface area contributed by atoms with Crippen LogP contribution in [0.25, 0.3) is 0 Å². The lowest BCUT2D eigenvalue weighted by Gasteiger charge is -2.10. The molecule has 106 valence electrons. The van der Waals surface area contributed by atoms with Crippen molar-refractivity contribution < 1.29 is 8.42 Å². The number of anilines is 1. The first-order valence-corrected chi connectivity index (χ1v) is 8.35. The average molecular weight is 376 g/mol.